The lowest BCUT2D eigenvalue weighted by Crippen LogP contribution is -2.44. The zero-order valence-electron chi connectivity index (χ0n) is 52.5. The predicted molar refractivity (Wildman–Crippen MR) is 333 cm³/mol. The summed E-state index contributed by atoms with van der Waals surface area (Å²) in [4.78, 5) is 104. The van der Waals surface area contributed by atoms with Crippen LogP contribution in [0.2, 0.25) is 0 Å². The van der Waals surface area contributed by atoms with E-state index in [-0.39, 0.29) is 75.9 Å². The highest BCUT2D eigenvalue weighted by Crippen LogP contribution is 2.38. The van der Waals surface area contributed by atoms with Gasteiger partial charge in [0.05, 0.1) is 39.5 Å². The van der Waals surface area contributed by atoms with Crippen molar-refractivity contribution < 1.29 is 61.3 Å². The molecule has 0 atom stereocenters. The predicted octanol–water partition coefficient (Wildman–Crippen LogP) is 13.9. The molecule has 0 radical (unpaired) electrons. The van der Waals surface area contributed by atoms with E-state index in [1.165, 1.54) is 41.1 Å². The van der Waals surface area contributed by atoms with Crippen LogP contribution in [0.4, 0.5) is 35.6 Å². The van der Waals surface area contributed by atoms with E-state index in [4.69, 9.17) is 37.5 Å². The molecule has 0 N–H and O–H groups in total. The second kappa shape index (κ2) is 26.9. The van der Waals surface area contributed by atoms with Crippen LogP contribution in [0.3, 0.4) is 0 Å². The maximum absolute atomic E-state index is 13.7. The Morgan fingerprint density at radius 1 is 0.562 bits per heavy atom. The first-order valence-corrected chi connectivity index (χ1v) is 30.4. The molecule has 89 heavy (non-hydrogen) atoms. The first-order chi connectivity index (χ1) is 41.4. The summed E-state index contributed by atoms with van der Waals surface area (Å²) in [5, 5.41) is 30.7. The van der Waals surface area contributed by atoms with Gasteiger partial charge in [-0.1, -0.05) is 6.07 Å². The first-order valence-electron chi connectivity index (χ1n) is 27.9. The number of thiophene rings is 2. The first kappa shape index (κ1) is 67.8. The number of hydrogen-bond acceptors (Lipinski definition) is 24. The van der Waals surface area contributed by atoms with Gasteiger partial charge in [-0.15, -0.1) is 43.1 Å². The van der Waals surface area contributed by atoms with Gasteiger partial charge in [-0.25, -0.2) is 43.9 Å². The van der Waals surface area contributed by atoms with Gasteiger partial charge in [0.2, 0.25) is 0 Å². The van der Waals surface area contributed by atoms with E-state index in [1.54, 1.807) is 126 Å². The molecule has 6 amide bonds. The van der Waals surface area contributed by atoms with Crippen molar-refractivity contribution in [1.29, 1.82) is 5.26 Å². The Kier molecular flexibility index (Phi) is 20.5. The van der Waals surface area contributed by atoms with E-state index < -0.39 is 58.5 Å². The zero-order chi connectivity index (χ0) is 65.7. The fourth-order valence-electron chi connectivity index (χ4n) is 8.02. The van der Waals surface area contributed by atoms with Crippen LogP contribution < -0.4 is 9.80 Å². The van der Waals surface area contributed by atoms with Gasteiger partial charge in [0.25, 0.3) is 29.5 Å². The third kappa shape index (κ3) is 18.0. The number of carbonyl (C=O) groups excluding carboxylic acids is 6. The molecule has 0 spiro atoms. The highest BCUT2D eigenvalue weighted by molar-refractivity contribution is 9.10. The average Bonchev–Trinajstić information content (AvgIpc) is 2.00. The van der Waals surface area contributed by atoms with E-state index in [0.717, 1.165) is 16.0 Å². The molecule has 7 aromatic rings. The number of rotatable bonds is 8. The number of nitriles is 1. The van der Waals surface area contributed by atoms with Crippen LogP contribution in [-0.4, -0.2) is 141 Å². The minimum Gasteiger partial charge on any atom is -0.444 e. The van der Waals surface area contributed by atoms with E-state index in [1.807, 2.05) is 36.7 Å². The normalized spacial score (nSPS) is 13.0. The molecule has 472 valence electrons. The number of aromatic nitrogens is 8. The molecular weight excluding hydrogens is 1250 g/mol. The third-order valence-electron chi connectivity index (χ3n) is 11.7. The minimum atomic E-state index is -1.09. The Morgan fingerprint density at radius 3 is 1.40 bits per heavy atom. The maximum Gasteiger partial charge on any atom is 0.425 e. The minimum absolute atomic E-state index is 0.00838. The molecule has 0 aliphatic carbocycles. The maximum atomic E-state index is 13.7. The molecule has 8 rings (SSSR count). The van der Waals surface area contributed by atoms with Crippen LogP contribution in [0.1, 0.15) is 137 Å². The molecule has 0 unspecified atom stereocenters. The Labute approximate surface area is 531 Å². The fourth-order valence-corrected chi connectivity index (χ4v) is 9.99. The summed E-state index contributed by atoms with van der Waals surface area (Å²) in [5.74, 6) is -0.544. The van der Waals surface area contributed by atoms with E-state index in [9.17, 15) is 34.0 Å². The number of benzene rings is 1. The molecule has 1 aliphatic rings. The highest BCUT2D eigenvalue weighted by Gasteiger charge is 2.40. The fraction of sp³-hybridized carbons (Fsp3) is 0.450. The Hall–Kier alpha value is -8.75. The summed E-state index contributed by atoms with van der Waals surface area (Å²) in [6, 6.07) is 10.6. The smallest absolute Gasteiger partial charge is 0.425 e. The summed E-state index contributed by atoms with van der Waals surface area (Å²) in [5.41, 5.74) is -1.92. The second-order valence-electron chi connectivity index (χ2n) is 25.1. The van der Waals surface area contributed by atoms with E-state index >= 15 is 0 Å². The lowest BCUT2D eigenvalue weighted by molar-refractivity contribution is 0.0253. The van der Waals surface area contributed by atoms with Gasteiger partial charge in [-0.2, -0.15) is 15.1 Å². The number of imide groups is 2. The lowest BCUT2D eigenvalue weighted by atomic mass is 10.0. The highest BCUT2D eigenvalue weighted by atomic mass is 79.9. The number of amides is 6. The number of ether oxygens (including phenoxy) is 5. The van der Waals surface area contributed by atoms with Crippen molar-refractivity contribution in [3.8, 4) is 62.0 Å². The number of carbonyl (C=O) groups is 6. The van der Waals surface area contributed by atoms with Crippen molar-refractivity contribution in [2.75, 3.05) is 36.0 Å². The molecule has 1 saturated heterocycles. The monoisotopic (exact) mass is 1320 g/mol. The third-order valence-corrected chi connectivity index (χ3v) is 14.1. The van der Waals surface area contributed by atoms with Crippen molar-refractivity contribution in [3.05, 3.63) is 80.3 Å². The zero-order valence-corrected chi connectivity index (χ0v) is 55.8. The van der Waals surface area contributed by atoms with Crippen LogP contribution in [0.15, 0.2) is 66.9 Å². The van der Waals surface area contributed by atoms with E-state index in [2.05, 4.69) is 57.3 Å². The van der Waals surface area contributed by atoms with Crippen LogP contribution in [0.25, 0.3) is 56.0 Å². The summed E-state index contributed by atoms with van der Waals surface area (Å²) in [6.07, 6.45) is -1.42. The summed E-state index contributed by atoms with van der Waals surface area (Å²) in [7, 11) is 0. The molecule has 0 saturated carbocycles. The Balaban J connectivity index is 0.000000290. The van der Waals surface area contributed by atoms with Crippen molar-refractivity contribution in [2.45, 2.75) is 152 Å². The topological polar surface area (TPSA) is 315 Å². The lowest BCUT2D eigenvalue weighted by Gasteiger charge is -2.28. The van der Waals surface area contributed by atoms with Crippen molar-refractivity contribution in [3.63, 3.8) is 0 Å². The van der Waals surface area contributed by atoms with Gasteiger partial charge >= 0.3 is 30.5 Å². The molecule has 29 heteroatoms. The van der Waals surface area contributed by atoms with Gasteiger partial charge in [0, 0.05) is 37.3 Å². The van der Waals surface area contributed by atoms with Crippen molar-refractivity contribution in [2.24, 2.45) is 0 Å². The quantitative estimate of drug-likeness (QED) is 0.128. The van der Waals surface area contributed by atoms with Crippen LogP contribution in [0, 0.1) is 25.2 Å². The van der Waals surface area contributed by atoms with Gasteiger partial charge in [0.1, 0.15) is 32.6 Å². The summed E-state index contributed by atoms with van der Waals surface area (Å²) >= 11 is 6.09. The molecule has 6 aromatic heterocycles. The summed E-state index contributed by atoms with van der Waals surface area (Å²) in [6.45, 7) is 30.6. The molecule has 1 fully saturated rings. The molecule has 26 nitrogen and oxygen atoms in total. The van der Waals surface area contributed by atoms with Gasteiger partial charge in [-0.3, -0.25) is 4.79 Å². The van der Waals surface area contributed by atoms with Crippen LogP contribution in [-0.2, 0) is 23.7 Å². The molecule has 7 heterocycles. The summed E-state index contributed by atoms with van der Waals surface area (Å²) < 4.78 is 39.8. The Morgan fingerprint density at radius 2 is 0.978 bits per heavy atom. The van der Waals surface area contributed by atoms with Crippen LogP contribution >= 0.6 is 38.6 Å². The molecule has 1 aromatic carbocycles. The van der Waals surface area contributed by atoms with Crippen molar-refractivity contribution in [1.82, 2.24) is 50.1 Å². The van der Waals surface area contributed by atoms with E-state index in [0.29, 0.717) is 50.9 Å². The number of nitrogens with zero attached hydrogens (tertiary/aromatic N) is 13. The average molecular weight is 1330 g/mol. The standard InChI is InChI=1S/C39H46N8O8S.C21H24BrN5O5S/c1-23-14-19-56-29(23)32-44-43-31(52-32)28-30(47(35(50)54-38(5,6)7)36(51)55-39(8,9)10)41-22-27(42-28)26-13-12-24(20-25(26)21-40)33(48)45-15-11-16-46(18-17-45)34(49)53-37(2,3)4;1-11-8-9-33-14(11)17-26-25-16(30-17)13-15(23-10-12(22)24-13)27(18(28)31-20(2,3)4)19(29)32-21(5,6)7/h12-14,19-20,22H,11,15-18H2,1-10H3;8-10H,1-7H3. The van der Waals surface area contributed by atoms with Gasteiger partial charge < -0.3 is 42.3 Å². The number of anilines is 2. The second-order valence-corrected chi connectivity index (χ2v) is 27.7. The number of aryl methyl sites for hydroxylation is 2. The number of halogens is 1. The van der Waals surface area contributed by atoms with Gasteiger partial charge in [-0.05, 0) is 186 Å². The molecule has 1 aliphatic heterocycles. The number of hydrogen-bond donors (Lipinski definition) is 0. The van der Waals surface area contributed by atoms with Gasteiger partial charge in [0.15, 0.2) is 23.0 Å². The van der Waals surface area contributed by atoms with Crippen molar-refractivity contribution >= 4 is 86.6 Å². The molecule has 0 bridgehead atoms. The largest absolute Gasteiger partial charge is 0.444 e. The Bertz CT molecular complexity index is 3760. The SMILES string of the molecule is Cc1ccsc1-c1nnc(-c2nc(-c3ccc(C(=O)N4CCCN(C(=O)OC(C)(C)C)CC4)cc3C#N)cnc2N(C(=O)OC(C)(C)C)C(=O)OC(C)(C)C)o1.Cc1ccsc1-c1nnc(-c2nc(Br)cnc2N(C(=O)OC(C)(C)C)C(=O)OC(C)(C)C)o1. The van der Waals surface area contributed by atoms with Crippen LogP contribution in [0.5, 0.6) is 0 Å². The molecular formula is C60H70BrN13O13S2.